The molecule has 0 amide bonds. The number of aromatic nitrogens is 1. The molecule has 0 spiro atoms. The molecule has 0 fully saturated rings. The van der Waals surface area contributed by atoms with Crippen molar-refractivity contribution in [3.63, 3.8) is 0 Å². The number of nitrogens with zero attached hydrogens (tertiary/aromatic N) is 2. The van der Waals surface area contributed by atoms with Crippen LogP contribution >= 0.6 is 0 Å². The monoisotopic (exact) mass is 251 g/mol. The first-order chi connectivity index (χ1) is 9.22. The summed E-state index contributed by atoms with van der Waals surface area (Å²) in [5.41, 5.74) is 5.35. The van der Waals surface area contributed by atoms with Gasteiger partial charge in [-0.05, 0) is 35.2 Å². The average Bonchev–Trinajstić information content (AvgIpc) is 2.79. The van der Waals surface area contributed by atoms with Crippen LogP contribution in [0.15, 0.2) is 42.7 Å². The molecule has 1 aliphatic heterocycles. The quantitative estimate of drug-likeness (QED) is 0.744. The Morgan fingerprint density at radius 2 is 1.79 bits per heavy atom. The molecule has 0 N–H and O–H groups in total. The fourth-order valence-electron chi connectivity index (χ4n) is 2.51. The standard InChI is InChI=1S/C17H19N2/c1-18-10-7-14(8-11-18)3-4-15-5-6-17-16(13-15)9-12-19(17)2/h3-8,10-11,13H,9,12H2,1-2H3/q+1. The molecule has 0 aliphatic carbocycles. The molecule has 96 valence electrons. The molecule has 2 nitrogen and oxygen atoms in total. The van der Waals surface area contributed by atoms with E-state index in [1.165, 1.54) is 22.4 Å². The molecule has 0 bridgehead atoms. The third-order valence-corrected chi connectivity index (χ3v) is 3.70. The Kier molecular flexibility index (Phi) is 3.08. The van der Waals surface area contributed by atoms with Crippen molar-refractivity contribution < 1.29 is 4.57 Å². The normalized spacial score (nSPS) is 14.1. The van der Waals surface area contributed by atoms with Crippen molar-refractivity contribution >= 4 is 17.8 Å². The first kappa shape index (κ1) is 12.0. The number of aryl methyl sites for hydroxylation is 1. The van der Waals surface area contributed by atoms with Crippen LogP contribution in [0.3, 0.4) is 0 Å². The number of likely N-dealkylation sites (N-methyl/N-ethyl adjacent to an activating group) is 1. The summed E-state index contributed by atoms with van der Waals surface area (Å²) in [5, 5.41) is 0. The zero-order valence-corrected chi connectivity index (χ0v) is 11.5. The van der Waals surface area contributed by atoms with Crippen LogP contribution in [-0.2, 0) is 13.5 Å². The molecule has 0 radical (unpaired) electrons. The Hall–Kier alpha value is -2.09. The highest BCUT2D eigenvalue weighted by Gasteiger charge is 2.14. The van der Waals surface area contributed by atoms with Gasteiger partial charge in [0.05, 0.1) is 0 Å². The Morgan fingerprint density at radius 3 is 2.58 bits per heavy atom. The van der Waals surface area contributed by atoms with Crippen LogP contribution in [0.2, 0.25) is 0 Å². The molecular formula is C17H19N2+. The summed E-state index contributed by atoms with van der Waals surface area (Å²) in [7, 11) is 4.19. The molecule has 19 heavy (non-hydrogen) atoms. The second-order valence-electron chi connectivity index (χ2n) is 5.19. The molecule has 2 aromatic rings. The van der Waals surface area contributed by atoms with Gasteiger partial charge in [0.1, 0.15) is 7.05 Å². The van der Waals surface area contributed by atoms with E-state index in [1.807, 2.05) is 11.6 Å². The lowest BCUT2D eigenvalue weighted by Crippen LogP contribution is -2.25. The van der Waals surface area contributed by atoms with Gasteiger partial charge in [-0.25, -0.2) is 4.57 Å². The van der Waals surface area contributed by atoms with Crippen molar-refractivity contribution in [3.8, 4) is 0 Å². The zero-order chi connectivity index (χ0) is 13.2. The van der Waals surface area contributed by atoms with Gasteiger partial charge in [0.2, 0.25) is 0 Å². The van der Waals surface area contributed by atoms with Crippen LogP contribution in [-0.4, -0.2) is 13.6 Å². The van der Waals surface area contributed by atoms with E-state index in [2.05, 4.69) is 66.8 Å². The number of hydrogen-bond acceptors (Lipinski definition) is 1. The number of rotatable bonds is 2. The predicted molar refractivity (Wildman–Crippen MR) is 80.0 cm³/mol. The minimum absolute atomic E-state index is 1.14. The van der Waals surface area contributed by atoms with Crippen molar-refractivity contribution in [3.05, 3.63) is 59.4 Å². The molecule has 0 unspecified atom stereocenters. The van der Waals surface area contributed by atoms with Gasteiger partial charge in [0, 0.05) is 31.4 Å². The molecule has 0 atom stereocenters. The van der Waals surface area contributed by atoms with E-state index in [0.29, 0.717) is 0 Å². The maximum atomic E-state index is 2.32. The van der Waals surface area contributed by atoms with Gasteiger partial charge < -0.3 is 4.90 Å². The van der Waals surface area contributed by atoms with Crippen LogP contribution in [0.1, 0.15) is 16.7 Å². The van der Waals surface area contributed by atoms with Gasteiger partial charge in [0.25, 0.3) is 0 Å². The fourth-order valence-corrected chi connectivity index (χ4v) is 2.51. The van der Waals surface area contributed by atoms with Crippen LogP contribution in [0, 0.1) is 0 Å². The highest BCUT2D eigenvalue weighted by Crippen LogP contribution is 2.27. The third kappa shape index (κ3) is 2.53. The van der Waals surface area contributed by atoms with Gasteiger partial charge in [-0.3, -0.25) is 0 Å². The van der Waals surface area contributed by atoms with E-state index >= 15 is 0 Å². The number of benzene rings is 1. The molecular weight excluding hydrogens is 232 g/mol. The molecule has 1 aromatic carbocycles. The summed E-state index contributed by atoms with van der Waals surface area (Å²) < 4.78 is 2.04. The second-order valence-corrected chi connectivity index (χ2v) is 5.19. The molecule has 1 aromatic heterocycles. The van der Waals surface area contributed by atoms with E-state index in [-0.39, 0.29) is 0 Å². The highest BCUT2D eigenvalue weighted by atomic mass is 15.1. The fraction of sp³-hybridized carbons (Fsp3) is 0.235. The van der Waals surface area contributed by atoms with E-state index in [1.54, 1.807) is 0 Å². The summed E-state index contributed by atoms with van der Waals surface area (Å²) in [6.07, 6.45) is 9.65. The van der Waals surface area contributed by atoms with E-state index in [4.69, 9.17) is 0 Å². The summed E-state index contributed by atoms with van der Waals surface area (Å²) in [5.74, 6) is 0. The first-order valence-electron chi connectivity index (χ1n) is 6.70. The largest absolute Gasteiger partial charge is 0.374 e. The lowest BCUT2D eigenvalue weighted by molar-refractivity contribution is -0.671. The topological polar surface area (TPSA) is 7.12 Å². The smallest absolute Gasteiger partial charge is 0.169 e. The van der Waals surface area contributed by atoms with Crippen molar-refractivity contribution in [1.82, 2.24) is 0 Å². The van der Waals surface area contributed by atoms with Gasteiger partial charge in [-0.1, -0.05) is 18.2 Å². The highest BCUT2D eigenvalue weighted by molar-refractivity contribution is 5.72. The van der Waals surface area contributed by atoms with Gasteiger partial charge in [-0.15, -0.1) is 0 Å². The van der Waals surface area contributed by atoms with Gasteiger partial charge >= 0.3 is 0 Å². The maximum absolute atomic E-state index is 2.32. The minimum atomic E-state index is 1.14. The molecule has 0 saturated carbocycles. The second kappa shape index (κ2) is 4.88. The van der Waals surface area contributed by atoms with Crippen LogP contribution < -0.4 is 9.47 Å². The number of fused-ring (bicyclic) bond motifs is 1. The van der Waals surface area contributed by atoms with Crippen LogP contribution in [0.25, 0.3) is 12.2 Å². The molecule has 2 heteroatoms. The number of pyridine rings is 1. The Bertz CT molecular complexity index is 612. The van der Waals surface area contributed by atoms with Crippen molar-refractivity contribution in [2.75, 3.05) is 18.5 Å². The van der Waals surface area contributed by atoms with Gasteiger partial charge in [-0.2, -0.15) is 0 Å². The number of anilines is 1. The maximum Gasteiger partial charge on any atom is 0.169 e. The number of hydrogen-bond donors (Lipinski definition) is 0. The SMILES string of the molecule is CN1CCc2cc(/C=C/c3cc[n+](C)cc3)ccc21. The first-order valence-corrected chi connectivity index (χ1v) is 6.70. The van der Waals surface area contributed by atoms with Crippen molar-refractivity contribution in [2.45, 2.75) is 6.42 Å². The molecule has 2 heterocycles. The summed E-state index contributed by atoms with van der Waals surface area (Å²) in [4.78, 5) is 2.32. The van der Waals surface area contributed by atoms with Gasteiger partial charge in [0.15, 0.2) is 12.4 Å². The molecule has 0 saturated heterocycles. The summed E-state index contributed by atoms with van der Waals surface area (Å²) >= 11 is 0. The average molecular weight is 251 g/mol. The Labute approximate surface area is 114 Å². The van der Waals surface area contributed by atoms with E-state index < -0.39 is 0 Å². The summed E-state index contributed by atoms with van der Waals surface area (Å²) in [6.45, 7) is 1.14. The third-order valence-electron chi connectivity index (χ3n) is 3.70. The van der Waals surface area contributed by atoms with E-state index in [0.717, 1.165) is 13.0 Å². The predicted octanol–water partition coefficient (Wildman–Crippen LogP) is 2.67. The Balaban J connectivity index is 1.82. The lowest BCUT2D eigenvalue weighted by atomic mass is 10.1. The van der Waals surface area contributed by atoms with E-state index in [9.17, 15) is 0 Å². The lowest BCUT2D eigenvalue weighted by Gasteiger charge is -2.11. The van der Waals surface area contributed by atoms with Crippen molar-refractivity contribution in [2.24, 2.45) is 7.05 Å². The zero-order valence-electron chi connectivity index (χ0n) is 11.5. The molecule has 1 aliphatic rings. The van der Waals surface area contributed by atoms with Crippen molar-refractivity contribution in [1.29, 1.82) is 0 Å². The summed E-state index contributed by atoms with van der Waals surface area (Å²) in [6, 6.07) is 11.0. The Morgan fingerprint density at radius 1 is 1.05 bits per heavy atom. The molecule has 3 rings (SSSR count). The van der Waals surface area contributed by atoms with Crippen LogP contribution in [0.4, 0.5) is 5.69 Å². The minimum Gasteiger partial charge on any atom is -0.374 e. The van der Waals surface area contributed by atoms with Crippen LogP contribution in [0.5, 0.6) is 0 Å².